The molecule has 0 radical (unpaired) electrons. The summed E-state index contributed by atoms with van der Waals surface area (Å²) in [4.78, 5) is 4.32. The zero-order valence-electron chi connectivity index (χ0n) is 13.0. The van der Waals surface area contributed by atoms with Gasteiger partial charge in [0.1, 0.15) is 0 Å². The Kier molecular flexibility index (Phi) is 5.78. The van der Waals surface area contributed by atoms with Gasteiger partial charge in [0.05, 0.1) is 12.8 Å². The van der Waals surface area contributed by atoms with Gasteiger partial charge in [-0.05, 0) is 48.7 Å². The zero-order valence-corrected chi connectivity index (χ0v) is 13.0. The van der Waals surface area contributed by atoms with Gasteiger partial charge < -0.3 is 9.84 Å². The van der Waals surface area contributed by atoms with E-state index in [4.69, 9.17) is 4.74 Å². The number of ether oxygens (including phenoxy) is 1. The summed E-state index contributed by atoms with van der Waals surface area (Å²) in [6.45, 7) is 2.15. The maximum absolute atomic E-state index is 9.59. The summed E-state index contributed by atoms with van der Waals surface area (Å²) in [5.74, 6) is 0.644. The van der Waals surface area contributed by atoms with Crippen molar-refractivity contribution in [2.45, 2.75) is 19.8 Å². The van der Waals surface area contributed by atoms with Crippen molar-refractivity contribution in [2.75, 3.05) is 7.11 Å². The number of hydrogen-bond acceptors (Lipinski definition) is 3. The minimum atomic E-state index is 0.156. The van der Waals surface area contributed by atoms with E-state index in [1.165, 1.54) is 5.57 Å². The SMILES string of the molecule is CCC(=Cc1ccccn1)C/C=C/c1ccc(O)c(OC)c1. The van der Waals surface area contributed by atoms with E-state index in [0.717, 1.165) is 24.1 Å². The smallest absolute Gasteiger partial charge is 0.161 e. The summed E-state index contributed by atoms with van der Waals surface area (Å²) in [6.07, 6.45) is 9.93. The molecule has 3 heteroatoms. The number of nitrogens with zero attached hydrogens (tertiary/aromatic N) is 1. The molecule has 0 aliphatic heterocycles. The first-order chi connectivity index (χ1) is 10.7. The van der Waals surface area contributed by atoms with Crippen LogP contribution in [0.15, 0.2) is 54.2 Å². The van der Waals surface area contributed by atoms with Crippen LogP contribution in [0, 0.1) is 0 Å². The monoisotopic (exact) mass is 295 g/mol. The molecule has 2 aromatic rings. The van der Waals surface area contributed by atoms with Crippen molar-refractivity contribution in [3.05, 3.63) is 65.5 Å². The molecule has 1 N–H and O–H groups in total. The summed E-state index contributed by atoms with van der Waals surface area (Å²) >= 11 is 0. The molecule has 0 bridgehead atoms. The van der Waals surface area contributed by atoms with Gasteiger partial charge in [-0.1, -0.05) is 36.8 Å². The lowest BCUT2D eigenvalue weighted by atomic mass is 10.1. The summed E-state index contributed by atoms with van der Waals surface area (Å²) < 4.78 is 5.11. The minimum absolute atomic E-state index is 0.156. The van der Waals surface area contributed by atoms with Crippen LogP contribution >= 0.6 is 0 Å². The summed E-state index contributed by atoms with van der Waals surface area (Å²) in [5, 5.41) is 9.59. The maximum atomic E-state index is 9.59. The van der Waals surface area contributed by atoms with Crippen molar-refractivity contribution in [1.82, 2.24) is 4.98 Å². The topological polar surface area (TPSA) is 42.4 Å². The normalized spacial score (nSPS) is 11.8. The summed E-state index contributed by atoms with van der Waals surface area (Å²) in [5.41, 5.74) is 3.31. The molecular weight excluding hydrogens is 274 g/mol. The first-order valence-corrected chi connectivity index (χ1v) is 7.37. The molecule has 0 aliphatic rings. The van der Waals surface area contributed by atoms with Gasteiger partial charge in [0.25, 0.3) is 0 Å². The number of aromatic nitrogens is 1. The Bertz CT molecular complexity index is 660. The standard InChI is InChI=1S/C19H21NO2/c1-3-15(13-17-9-4-5-12-20-17)7-6-8-16-10-11-18(21)19(14-16)22-2/h4-6,8-14,21H,3,7H2,1-2H3/b8-6+,15-13?. The molecule has 0 saturated carbocycles. The fraction of sp³-hybridized carbons (Fsp3) is 0.211. The fourth-order valence-electron chi connectivity index (χ4n) is 2.12. The van der Waals surface area contributed by atoms with Gasteiger partial charge in [0.2, 0.25) is 0 Å². The number of allylic oxidation sites excluding steroid dienone is 2. The number of benzene rings is 1. The van der Waals surface area contributed by atoms with E-state index in [9.17, 15) is 5.11 Å². The van der Waals surface area contributed by atoms with Crippen molar-refractivity contribution >= 4 is 12.2 Å². The molecule has 0 fully saturated rings. The molecule has 3 nitrogen and oxygen atoms in total. The van der Waals surface area contributed by atoms with Crippen molar-refractivity contribution in [2.24, 2.45) is 0 Å². The highest BCUT2D eigenvalue weighted by Gasteiger charge is 2.00. The van der Waals surface area contributed by atoms with Crippen LogP contribution in [0.4, 0.5) is 0 Å². The van der Waals surface area contributed by atoms with E-state index in [1.807, 2.05) is 36.4 Å². The second-order valence-corrected chi connectivity index (χ2v) is 4.95. The molecule has 0 aliphatic carbocycles. The number of aromatic hydroxyl groups is 1. The van der Waals surface area contributed by atoms with Gasteiger partial charge in [0.15, 0.2) is 11.5 Å². The number of phenols is 1. The zero-order chi connectivity index (χ0) is 15.8. The predicted octanol–water partition coefficient (Wildman–Crippen LogP) is 4.69. The summed E-state index contributed by atoms with van der Waals surface area (Å²) in [6, 6.07) is 11.2. The Morgan fingerprint density at radius 2 is 2.14 bits per heavy atom. The molecule has 0 unspecified atom stereocenters. The van der Waals surface area contributed by atoms with Crippen LogP contribution in [-0.2, 0) is 0 Å². The molecular formula is C19H21NO2. The highest BCUT2D eigenvalue weighted by atomic mass is 16.5. The third kappa shape index (κ3) is 4.48. The van der Waals surface area contributed by atoms with Crippen molar-refractivity contribution in [3.8, 4) is 11.5 Å². The van der Waals surface area contributed by atoms with Crippen LogP contribution in [0.25, 0.3) is 12.2 Å². The predicted molar refractivity (Wildman–Crippen MR) is 90.8 cm³/mol. The average molecular weight is 295 g/mol. The molecule has 1 aromatic carbocycles. The van der Waals surface area contributed by atoms with E-state index >= 15 is 0 Å². The number of hydrogen-bond donors (Lipinski definition) is 1. The van der Waals surface area contributed by atoms with E-state index in [1.54, 1.807) is 19.4 Å². The Morgan fingerprint density at radius 3 is 2.82 bits per heavy atom. The molecule has 2 rings (SSSR count). The Morgan fingerprint density at radius 1 is 1.27 bits per heavy atom. The lowest BCUT2D eigenvalue weighted by Gasteiger charge is -2.04. The minimum Gasteiger partial charge on any atom is -0.504 e. The second-order valence-electron chi connectivity index (χ2n) is 4.95. The molecule has 114 valence electrons. The van der Waals surface area contributed by atoms with Crippen molar-refractivity contribution in [3.63, 3.8) is 0 Å². The third-order valence-electron chi connectivity index (χ3n) is 3.39. The second kappa shape index (κ2) is 8.03. The molecule has 1 aromatic heterocycles. The van der Waals surface area contributed by atoms with Crippen LogP contribution in [0.1, 0.15) is 31.0 Å². The van der Waals surface area contributed by atoms with Crippen LogP contribution in [0.5, 0.6) is 11.5 Å². The molecule has 22 heavy (non-hydrogen) atoms. The van der Waals surface area contributed by atoms with Gasteiger partial charge >= 0.3 is 0 Å². The Labute approximate surface area is 131 Å². The van der Waals surface area contributed by atoms with Crippen LogP contribution in [0.3, 0.4) is 0 Å². The number of rotatable bonds is 6. The molecule has 0 amide bonds. The van der Waals surface area contributed by atoms with E-state index < -0.39 is 0 Å². The molecule has 0 saturated heterocycles. The highest BCUT2D eigenvalue weighted by Crippen LogP contribution is 2.27. The first kappa shape index (κ1) is 15.8. The fourth-order valence-corrected chi connectivity index (χ4v) is 2.12. The van der Waals surface area contributed by atoms with Crippen LogP contribution < -0.4 is 4.74 Å². The van der Waals surface area contributed by atoms with E-state index in [-0.39, 0.29) is 5.75 Å². The maximum Gasteiger partial charge on any atom is 0.161 e. The van der Waals surface area contributed by atoms with Crippen LogP contribution in [0.2, 0.25) is 0 Å². The summed E-state index contributed by atoms with van der Waals surface area (Å²) in [7, 11) is 1.55. The van der Waals surface area contributed by atoms with E-state index in [0.29, 0.717) is 5.75 Å². The van der Waals surface area contributed by atoms with Crippen molar-refractivity contribution < 1.29 is 9.84 Å². The largest absolute Gasteiger partial charge is 0.504 e. The Hall–Kier alpha value is -2.55. The van der Waals surface area contributed by atoms with E-state index in [2.05, 4.69) is 24.1 Å². The van der Waals surface area contributed by atoms with Gasteiger partial charge in [0, 0.05) is 6.20 Å². The number of methoxy groups -OCH3 is 1. The average Bonchev–Trinajstić information content (AvgIpc) is 2.56. The van der Waals surface area contributed by atoms with Gasteiger partial charge in [-0.15, -0.1) is 0 Å². The molecule has 0 atom stereocenters. The third-order valence-corrected chi connectivity index (χ3v) is 3.39. The molecule has 1 heterocycles. The van der Waals surface area contributed by atoms with Gasteiger partial charge in [-0.25, -0.2) is 0 Å². The van der Waals surface area contributed by atoms with Gasteiger partial charge in [-0.3, -0.25) is 4.98 Å². The van der Waals surface area contributed by atoms with Crippen molar-refractivity contribution in [1.29, 1.82) is 0 Å². The van der Waals surface area contributed by atoms with Crippen LogP contribution in [-0.4, -0.2) is 17.2 Å². The lowest BCUT2D eigenvalue weighted by molar-refractivity contribution is 0.373. The first-order valence-electron chi connectivity index (χ1n) is 7.37. The highest BCUT2D eigenvalue weighted by molar-refractivity contribution is 5.56. The number of phenolic OH excluding ortho intramolecular Hbond substituents is 1. The van der Waals surface area contributed by atoms with Gasteiger partial charge in [-0.2, -0.15) is 0 Å². The lowest BCUT2D eigenvalue weighted by Crippen LogP contribution is -1.85. The quantitative estimate of drug-likeness (QED) is 0.840. The number of pyridine rings is 1. The molecule has 0 spiro atoms. The Balaban J connectivity index is 2.05.